The summed E-state index contributed by atoms with van der Waals surface area (Å²) in [5, 5.41) is 4.12. The fraction of sp³-hybridized carbons (Fsp3) is 0.615. The second-order valence-corrected chi connectivity index (χ2v) is 5.43. The van der Waals surface area contributed by atoms with Gasteiger partial charge in [0.15, 0.2) is 0 Å². The van der Waals surface area contributed by atoms with Crippen LogP contribution in [0.15, 0.2) is 18.3 Å². The van der Waals surface area contributed by atoms with E-state index in [0.717, 1.165) is 24.6 Å². The van der Waals surface area contributed by atoms with Crippen LogP contribution >= 0.6 is 11.6 Å². The summed E-state index contributed by atoms with van der Waals surface area (Å²) in [5.41, 5.74) is 1.64. The number of hydrogen-bond acceptors (Lipinski definition) is 2. The topological polar surface area (TPSA) is 24.9 Å². The van der Waals surface area contributed by atoms with E-state index in [0.29, 0.717) is 10.6 Å². The van der Waals surface area contributed by atoms with Crippen LogP contribution in [0, 0.1) is 11.3 Å². The van der Waals surface area contributed by atoms with E-state index in [4.69, 9.17) is 11.6 Å². The lowest BCUT2D eigenvalue weighted by molar-refractivity contribution is 0.338. The first-order valence-electron chi connectivity index (χ1n) is 5.94. The molecule has 1 saturated carbocycles. The van der Waals surface area contributed by atoms with Gasteiger partial charge in [-0.2, -0.15) is 0 Å². The SMILES string of the molecule is CC(C)C1(CNCc2cccnc2Cl)CC1. The van der Waals surface area contributed by atoms with Gasteiger partial charge in [-0.3, -0.25) is 0 Å². The molecule has 0 aliphatic heterocycles. The van der Waals surface area contributed by atoms with Gasteiger partial charge in [0.2, 0.25) is 0 Å². The van der Waals surface area contributed by atoms with Crippen molar-refractivity contribution in [3.63, 3.8) is 0 Å². The fourth-order valence-electron chi connectivity index (χ4n) is 2.12. The highest BCUT2D eigenvalue weighted by atomic mass is 35.5. The van der Waals surface area contributed by atoms with Crippen LogP contribution in [0.4, 0.5) is 0 Å². The van der Waals surface area contributed by atoms with E-state index in [1.807, 2.05) is 12.1 Å². The molecule has 0 bridgehead atoms. The molecule has 1 aromatic heterocycles. The van der Waals surface area contributed by atoms with E-state index >= 15 is 0 Å². The van der Waals surface area contributed by atoms with E-state index in [2.05, 4.69) is 24.1 Å². The molecule has 0 radical (unpaired) electrons. The average Bonchev–Trinajstić information content (AvgIpc) is 3.02. The molecule has 3 heteroatoms. The van der Waals surface area contributed by atoms with Crippen molar-refractivity contribution in [2.45, 2.75) is 33.2 Å². The first kappa shape index (κ1) is 11.9. The summed E-state index contributed by atoms with van der Waals surface area (Å²) in [6.07, 6.45) is 4.44. The first-order chi connectivity index (χ1) is 7.64. The van der Waals surface area contributed by atoms with Crippen molar-refractivity contribution in [2.75, 3.05) is 6.54 Å². The van der Waals surface area contributed by atoms with Gasteiger partial charge in [-0.1, -0.05) is 31.5 Å². The molecule has 0 amide bonds. The Morgan fingerprint density at radius 3 is 2.81 bits per heavy atom. The predicted molar refractivity (Wildman–Crippen MR) is 67.5 cm³/mol. The minimum atomic E-state index is 0.550. The summed E-state index contributed by atoms with van der Waals surface area (Å²) >= 11 is 6.00. The van der Waals surface area contributed by atoms with Crippen LogP contribution < -0.4 is 5.32 Å². The van der Waals surface area contributed by atoms with Crippen LogP contribution in [0.3, 0.4) is 0 Å². The third-order valence-corrected chi connectivity index (χ3v) is 4.09. The number of pyridine rings is 1. The Bertz CT molecular complexity index is 359. The van der Waals surface area contributed by atoms with Crippen molar-refractivity contribution in [2.24, 2.45) is 11.3 Å². The van der Waals surface area contributed by atoms with E-state index in [-0.39, 0.29) is 0 Å². The van der Waals surface area contributed by atoms with Gasteiger partial charge < -0.3 is 5.32 Å². The summed E-state index contributed by atoms with van der Waals surface area (Å²) in [5.74, 6) is 0.768. The largest absolute Gasteiger partial charge is 0.312 e. The lowest BCUT2D eigenvalue weighted by Gasteiger charge is -2.20. The quantitative estimate of drug-likeness (QED) is 0.797. The highest BCUT2D eigenvalue weighted by Gasteiger charge is 2.44. The first-order valence-corrected chi connectivity index (χ1v) is 6.32. The standard InChI is InChI=1S/C13H19ClN2/c1-10(2)13(5-6-13)9-15-8-11-4-3-7-16-12(11)14/h3-4,7,10,15H,5-6,8-9H2,1-2H3. The summed E-state index contributed by atoms with van der Waals surface area (Å²) in [4.78, 5) is 4.07. The monoisotopic (exact) mass is 238 g/mol. The highest BCUT2D eigenvalue weighted by Crippen LogP contribution is 2.51. The Morgan fingerprint density at radius 1 is 1.50 bits per heavy atom. The smallest absolute Gasteiger partial charge is 0.133 e. The normalized spacial score (nSPS) is 17.8. The molecule has 0 atom stereocenters. The number of nitrogens with zero attached hydrogens (tertiary/aromatic N) is 1. The van der Waals surface area contributed by atoms with E-state index in [1.54, 1.807) is 6.20 Å². The van der Waals surface area contributed by atoms with Gasteiger partial charge in [0.05, 0.1) is 0 Å². The van der Waals surface area contributed by atoms with Gasteiger partial charge in [-0.15, -0.1) is 0 Å². The maximum atomic E-state index is 6.00. The molecule has 1 heterocycles. The Hall–Kier alpha value is -0.600. The van der Waals surface area contributed by atoms with Crippen LogP contribution in [-0.2, 0) is 6.54 Å². The second-order valence-electron chi connectivity index (χ2n) is 5.07. The molecule has 1 aliphatic rings. The molecule has 1 aromatic rings. The van der Waals surface area contributed by atoms with Crippen LogP contribution in [0.25, 0.3) is 0 Å². The van der Waals surface area contributed by atoms with Crippen LogP contribution in [0.1, 0.15) is 32.3 Å². The Labute approximate surface area is 102 Å². The van der Waals surface area contributed by atoms with Gasteiger partial charge in [-0.05, 0) is 30.2 Å². The zero-order valence-corrected chi connectivity index (χ0v) is 10.7. The van der Waals surface area contributed by atoms with Gasteiger partial charge >= 0.3 is 0 Å². The Morgan fingerprint density at radius 2 is 2.25 bits per heavy atom. The molecule has 0 unspecified atom stereocenters. The minimum absolute atomic E-state index is 0.550. The van der Waals surface area contributed by atoms with Crippen molar-refractivity contribution in [1.29, 1.82) is 0 Å². The zero-order valence-electron chi connectivity index (χ0n) is 9.96. The number of aromatic nitrogens is 1. The van der Waals surface area contributed by atoms with Crippen LogP contribution in [0.5, 0.6) is 0 Å². The third-order valence-electron chi connectivity index (χ3n) is 3.75. The molecule has 1 fully saturated rings. The van der Waals surface area contributed by atoms with Crippen molar-refractivity contribution in [3.05, 3.63) is 29.0 Å². The average molecular weight is 239 g/mol. The Balaban J connectivity index is 1.83. The highest BCUT2D eigenvalue weighted by molar-refractivity contribution is 6.30. The van der Waals surface area contributed by atoms with Crippen molar-refractivity contribution < 1.29 is 0 Å². The molecule has 1 N–H and O–H groups in total. The molecular formula is C13H19ClN2. The van der Waals surface area contributed by atoms with Crippen molar-refractivity contribution in [3.8, 4) is 0 Å². The van der Waals surface area contributed by atoms with Crippen LogP contribution in [-0.4, -0.2) is 11.5 Å². The zero-order chi connectivity index (χ0) is 11.6. The Kier molecular flexibility index (Phi) is 3.50. The molecule has 0 saturated heterocycles. The van der Waals surface area contributed by atoms with Gasteiger partial charge in [0, 0.05) is 24.8 Å². The number of halogens is 1. The molecule has 88 valence electrons. The van der Waals surface area contributed by atoms with Gasteiger partial charge in [0.25, 0.3) is 0 Å². The van der Waals surface area contributed by atoms with E-state index < -0.39 is 0 Å². The number of nitrogens with one attached hydrogen (secondary N) is 1. The maximum absolute atomic E-state index is 6.00. The van der Waals surface area contributed by atoms with Crippen molar-refractivity contribution in [1.82, 2.24) is 10.3 Å². The van der Waals surface area contributed by atoms with E-state index in [1.165, 1.54) is 12.8 Å². The summed E-state index contributed by atoms with van der Waals surface area (Å²) in [6.45, 7) is 6.54. The molecular weight excluding hydrogens is 220 g/mol. The summed E-state index contributed by atoms with van der Waals surface area (Å²) in [6, 6.07) is 3.95. The van der Waals surface area contributed by atoms with E-state index in [9.17, 15) is 0 Å². The minimum Gasteiger partial charge on any atom is -0.312 e. The number of hydrogen-bond donors (Lipinski definition) is 1. The van der Waals surface area contributed by atoms with Gasteiger partial charge in [0.1, 0.15) is 5.15 Å². The third kappa shape index (κ3) is 2.55. The molecule has 1 aliphatic carbocycles. The summed E-state index contributed by atoms with van der Waals surface area (Å²) in [7, 11) is 0. The molecule has 2 nitrogen and oxygen atoms in total. The molecule has 2 rings (SSSR count). The lowest BCUT2D eigenvalue weighted by Crippen LogP contribution is -2.27. The van der Waals surface area contributed by atoms with Crippen molar-refractivity contribution >= 4 is 11.6 Å². The number of rotatable bonds is 5. The molecule has 16 heavy (non-hydrogen) atoms. The second kappa shape index (κ2) is 4.72. The fourth-order valence-corrected chi connectivity index (χ4v) is 2.30. The molecule has 0 aromatic carbocycles. The lowest BCUT2D eigenvalue weighted by atomic mass is 9.92. The molecule has 0 spiro atoms. The maximum Gasteiger partial charge on any atom is 0.133 e. The van der Waals surface area contributed by atoms with Gasteiger partial charge in [-0.25, -0.2) is 4.98 Å². The summed E-state index contributed by atoms with van der Waals surface area (Å²) < 4.78 is 0. The van der Waals surface area contributed by atoms with Crippen LogP contribution in [0.2, 0.25) is 5.15 Å². The predicted octanol–water partition coefficient (Wildman–Crippen LogP) is 3.26.